The van der Waals surface area contributed by atoms with E-state index in [0.717, 1.165) is 21.4 Å². The van der Waals surface area contributed by atoms with Gasteiger partial charge in [-0.15, -0.1) is 11.3 Å². The summed E-state index contributed by atoms with van der Waals surface area (Å²) in [6.45, 7) is 7.38. The summed E-state index contributed by atoms with van der Waals surface area (Å²) in [5.41, 5.74) is 3.86. The minimum absolute atomic E-state index is 0.259. The van der Waals surface area contributed by atoms with Crippen molar-refractivity contribution in [3.8, 4) is 17.0 Å². The third-order valence-corrected chi connectivity index (χ3v) is 6.61. The van der Waals surface area contributed by atoms with Gasteiger partial charge in [0.25, 0.3) is 5.91 Å². The number of para-hydroxylation sites is 1. The number of aromatic nitrogens is 1. The van der Waals surface area contributed by atoms with Crippen LogP contribution in [-0.4, -0.2) is 30.1 Å². The summed E-state index contributed by atoms with van der Waals surface area (Å²) >= 11 is 1.37. The van der Waals surface area contributed by atoms with E-state index in [1.807, 2.05) is 62.4 Å². The van der Waals surface area contributed by atoms with Crippen molar-refractivity contribution in [3.63, 3.8) is 0 Å². The van der Waals surface area contributed by atoms with Gasteiger partial charge in [-0.2, -0.15) is 0 Å². The van der Waals surface area contributed by atoms with Crippen LogP contribution in [0.15, 0.2) is 54.6 Å². The molecule has 2 aromatic carbocycles. The topological polar surface area (TPSA) is 77.5 Å². The molecular formula is C27H26N2O4S. The van der Waals surface area contributed by atoms with Crippen LogP contribution < -0.4 is 10.1 Å². The zero-order chi connectivity index (χ0) is 24.4. The highest BCUT2D eigenvalue weighted by atomic mass is 32.1. The molecule has 4 rings (SSSR count). The van der Waals surface area contributed by atoms with Gasteiger partial charge in [0, 0.05) is 15.8 Å². The van der Waals surface area contributed by atoms with Crippen molar-refractivity contribution in [2.75, 3.05) is 12.4 Å². The molecule has 0 bridgehead atoms. The fourth-order valence-electron chi connectivity index (χ4n) is 3.70. The first-order chi connectivity index (χ1) is 16.3. The first-order valence-electron chi connectivity index (χ1n) is 10.9. The van der Waals surface area contributed by atoms with Gasteiger partial charge in [-0.05, 0) is 57.5 Å². The van der Waals surface area contributed by atoms with Gasteiger partial charge < -0.3 is 14.8 Å². The number of benzene rings is 2. The van der Waals surface area contributed by atoms with Crippen molar-refractivity contribution in [2.24, 2.45) is 0 Å². The highest BCUT2D eigenvalue weighted by Gasteiger charge is 2.24. The molecular weight excluding hydrogens is 448 g/mol. The summed E-state index contributed by atoms with van der Waals surface area (Å²) in [5, 5.41) is 4.17. The van der Waals surface area contributed by atoms with Gasteiger partial charge in [0.05, 0.1) is 35.6 Å². The van der Waals surface area contributed by atoms with Gasteiger partial charge in [-0.3, -0.25) is 4.79 Å². The minimum Gasteiger partial charge on any atom is -0.497 e. The Morgan fingerprint density at radius 3 is 2.53 bits per heavy atom. The Morgan fingerprint density at radius 2 is 1.79 bits per heavy atom. The van der Waals surface area contributed by atoms with E-state index in [-0.39, 0.29) is 12.0 Å². The van der Waals surface area contributed by atoms with E-state index in [1.54, 1.807) is 27.0 Å². The number of hydrogen-bond acceptors (Lipinski definition) is 6. The van der Waals surface area contributed by atoms with Crippen LogP contribution in [0, 0.1) is 13.8 Å². The quantitative estimate of drug-likeness (QED) is 0.327. The Labute approximate surface area is 202 Å². The first-order valence-corrected chi connectivity index (χ1v) is 11.8. The molecule has 6 nitrogen and oxygen atoms in total. The maximum absolute atomic E-state index is 13.5. The number of ether oxygens (including phenoxy) is 2. The van der Waals surface area contributed by atoms with Gasteiger partial charge in [0.1, 0.15) is 10.8 Å². The summed E-state index contributed by atoms with van der Waals surface area (Å²) in [4.78, 5) is 32.0. The van der Waals surface area contributed by atoms with E-state index in [4.69, 9.17) is 14.5 Å². The van der Waals surface area contributed by atoms with Crippen molar-refractivity contribution < 1.29 is 19.1 Å². The second kappa shape index (κ2) is 9.65. The number of hydrogen-bond donors (Lipinski definition) is 1. The second-order valence-corrected chi connectivity index (χ2v) is 9.42. The van der Waals surface area contributed by atoms with E-state index < -0.39 is 5.97 Å². The predicted octanol–water partition coefficient (Wildman–Crippen LogP) is 6.41. The van der Waals surface area contributed by atoms with E-state index in [0.29, 0.717) is 33.1 Å². The first kappa shape index (κ1) is 23.4. The fraction of sp³-hybridized carbons (Fsp3) is 0.222. The Balaban J connectivity index is 1.78. The predicted molar refractivity (Wildman–Crippen MR) is 136 cm³/mol. The molecule has 0 aliphatic carbocycles. The summed E-state index contributed by atoms with van der Waals surface area (Å²) < 4.78 is 10.8. The lowest BCUT2D eigenvalue weighted by atomic mass is 10.0. The van der Waals surface area contributed by atoms with Crippen LogP contribution in [0.3, 0.4) is 0 Å². The third kappa shape index (κ3) is 4.65. The molecule has 0 atom stereocenters. The molecule has 0 saturated carbocycles. The molecule has 2 heterocycles. The Kier molecular flexibility index (Phi) is 6.65. The SMILES string of the molecule is COc1cccc(-c2cc(C(=O)Nc3sc(C)c(C)c3C(=O)OC(C)C)c3ccccc3n2)c1. The number of methoxy groups -OCH3 is 1. The van der Waals surface area contributed by atoms with Gasteiger partial charge in [0.2, 0.25) is 0 Å². The normalized spacial score (nSPS) is 11.0. The number of aryl methyl sites for hydroxylation is 1. The maximum Gasteiger partial charge on any atom is 0.341 e. The monoisotopic (exact) mass is 474 g/mol. The fourth-order valence-corrected chi connectivity index (χ4v) is 4.74. The second-order valence-electron chi connectivity index (χ2n) is 8.20. The van der Waals surface area contributed by atoms with Crippen molar-refractivity contribution in [1.29, 1.82) is 0 Å². The number of anilines is 1. The number of thiophene rings is 1. The number of nitrogens with zero attached hydrogens (tertiary/aromatic N) is 1. The molecule has 0 aliphatic rings. The third-order valence-electron chi connectivity index (χ3n) is 5.49. The Bertz CT molecular complexity index is 1390. The average Bonchev–Trinajstić information content (AvgIpc) is 3.10. The number of amides is 1. The molecule has 4 aromatic rings. The molecule has 1 N–H and O–H groups in total. The van der Waals surface area contributed by atoms with Gasteiger partial charge >= 0.3 is 5.97 Å². The van der Waals surface area contributed by atoms with E-state index in [1.165, 1.54) is 11.3 Å². The van der Waals surface area contributed by atoms with Crippen LogP contribution in [0.25, 0.3) is 22.2 Å². The molecule has 174 valence electrons. The number of rotatable bonds is 6. The van der Waals surface area contributed by atoms with Crippen LogP contribution in [0.4, 0.5) is 5.00 Å². The van der Waals surface area contributed by atoms with Crippen LogP contribution in [0.5, 0.6) is 5.75 Å². The highest BCUT2D eigenvalue weighted by Crippen LogP contribution is 2.34. The molecule has 0 saturated heterocycles. The lowest BCUT2D eigenvalue weighted by Gasteiger charge is -2.12. The zero-order valence-corrected chi connectivity index (χ0v) is 20.6. The number of carbonyl (C=O) groups excluding carboxylic acids is 2. The summed E-state index contributed by atoms with van der Waals surface area (Å²) in [6.07, 6.45) is -0.259. The van der Waals surface area contributed by atoms with E-state index in [9.17, 15) is 9.59 Å². The molecule has 0 radical (unpaired) electrons. The molecule has 1 amide bonds. The molecule has 0 fully saturated rings. The summed E-state index contributed by atoms with van der Waals surface area (Å²) in [7, 11) is 1.61. The van der Waals surface area contributed by atoms with Gasteiger partial charge in [-0.1, -0.05) is 30.3 Å². The van der Waals surface area contributed by atoms with Crippen molar-refractivity contribution >= 4 is 39.1 Å². The number of nitrogens with one attached hydrogen (secondary N) is 1. The number of fused-ring (bicyclic) bond motifs is 1. The molecule has 34 heavy (non-hydrogen) atoms. The van der Waals surface area contributed by atoms with Crippen LogP contribution in [0.2, 0.25) is 0 Å². The molecule has 0 unspecified atom stereocenters. The number of esters is 1. The van der Waals surface area contributed by atoms with Crippen LogP contribution >= 0.6 is 11.3 Å². The smallest absolute Gasteiger partial charge is 0.341 e. The molecule has 0 aliphatic heterocycles. The van der Waals surface area contributed by atoms with Gasteiger partial charge in [-0.25, -0.2) is 9.78 Å². The van der Waals surface area contributed by atoms with Gasteiger partial charge in [0.15, 0.2) is 0 Å². The lowest BCUT2D eigenvalue weighted by Crippen LogP contribution is -2.17. The average molecular weight is 475 g/mol. The number of carbonyl (C=O) groups is 2. The van der Waals surface area contributed by atoms with E-state index in [2.05, 4.69) is 5.32 Å². The molecule has 2 aromatic heterocycles. The van der Waals surface area contributed by atoms with Crippen molar-refractivity contribution in [2.45, 2.75) is 33.8 Å². The number of pyridine rings is 1. The van der Waals surface area contributed by atoms with E-state index >= 15 is 0 Å². The Morgan fingerprint density at radius 1 is 1.03 bits per heavy atom. The molecule has 7 heteroatoms. The van der Waals surface area contributed by atoms with Crippen molar-refractivity contribution in [1.82, 2.24) is 4.98 Å². The zero-order valence-electron chi connectivity index (χ0n) is 19.8. The van der Waals surface area contributed by atoms with Crippen LogP contribution in [-0.2, 0) is 4.74 Å². The molecule has 0 spiro atoms. The minimum atomic E-state index is -0.441. The highest BCUT2D eigenvalue weighted by molar-refractivity contribution is 7.16. The summed E-state index contributed by atoms with van der Waals surface area (Å²) in [5.74, 6) is -0.0531. The largest absolute Gasteiger partial charge is 0.497 e. The standard InChI is InChI=1S/C27H26N2O4S/c1-15(2)33-27(31)24-16(3)17(4)34-26(24)29-25(30)21-14-23(18-9-8-10-19(13-18)32-5)28-22-12-7-6-11-20(21)22/h6-15H,1-5H3,(H,29,30). The lowest BCUT2D eigenvalue weighted by molar-refractivity contribution is 0.0379. The maximum atomic E-state index is 13.5. The summed E-state index contributed by atoms with van der Waals surface area (Å²) in [6, 6.07) is 16.8. The van der Waals surface area contributed by atoms with Crippen molar-refractivity contribution in [3.05, 3.63) is 76.2 Å². The Hall–Kier alpha value is -3.71. The van der Waals surface area contributed by atoms with Crippen LogP contribution in [0.1, 0.15) is 45.0 Å².